The van der Waals surface area contributed by atoms with E-state index in [1.165, 1.54) is 32.1 Å². The van der Waals surface area contributed by atoms with Gasteiger partial charge in [0.25, 0.3) is 0 Å². The van der Waals surface area contributed by atoms with E-state index in [-0.39, 0.29) is 0 Å². The summed E-state index contributed by atoms with van der Waals surface area (Å²) in [5.41, 5.74) is 2.49. The molecule has 0 unspecified atom stereocenters. The average Bonchev–Trinajstić information content (AvgIpc) is 3.05. The number of aldehydes is 1. The molecule has 0 spiro atoms. The van der Waals surface area contributed by atoms with Crippen LogP contribution in [0.25, 0.3) is 5.69 Å². The van der Waals surface area contributed by atoms with Gasteiger partial charge in [0, 0.05) is 5.92 Å². The number of unbranched alkanes of at least 4 members (excludes halogenated alkanes) is 1. The third-order valence-corrected chi connectivity index (χ3v) is 5.04. The number of aromatic nitrogens is 3. The average molecular weight is 311 g/mol. The van der Waals surface area contributed by atoms with Crippen molar-refractivity contribution in [2.75, 3.05) is 0 Å². The fourth-order valence-electron chi connectivity index (χ4n) is 3.74. The smallest absolute Gasteiger partial charge is 0.172 e. The third kappa shape index (κ3) is 3.52. The van der Waals surface area contributed by atoms with E-state index in [4.69, 9.17) is 0 Å². The van der Waals surface area contributed by atoms with Gasteiger partial charge < -0.3 is 0 Å². The number of nitrogens with zero attached hydrogens (tertiary/aromatic N) is 3. The fraction of sp³-hybridized carbons (Fsp3) is 0.526. The van der Waals surface area contributed by atoms with Crippen LogP contribution in [0.3, 0.4) is 0 Å². The number of hydrogen-bond donors (Lipinski definition) is 0. The van der Waals surface area contributed by atoms with Crippen LogP contribution in [0.5, 0.6) is 0 Å². The zero-order valence-corrected chi connectivity index (χ0v) is 13.8. The van der Waals surface area contributed by atoms with Crippen molar-refractivity contribution in [3.63, 3.8) is 0 Å². The SMILES string of the molecule is CCCCC1CCC(c2c(C=O)nnn2-c2ccccc2)CC1. The summed E-state index contributed by atoms with van der Waals surface area (Å²) in [5.74, 6) is 1.25. The van der Waals surface area contributed by atoms with E-state index < -0.39 is 0 Å². The summed E-state index contributed by atoms with van der Waals surface area (Å²) in [6.45, 7) is 2.26. The molecule has 1 fully saturated rings. The van der Waals surface area contributed by atoms with Gasteiger partial charge in [0.1, 0.15) is 5.69 Å². The van der Waals surface area contributed by atoms with Crippen molar-refractivity contribution in [1.29, 1.82) is 0 Å². The van der Waals surface area contributed by atoms with Gasteiger partial charge in [-0.1, -0.05) is 49.6 Å². The van der Waals surface area contributed by atoms with E-state index >= 15 is 0 Å². The van der Waals surface area contributed by atoms with Gasteiger partial charge in [0.05, 0.1) is 11.4 Å². The lowest BCUT2D eigenvalue weighted by atomic mass is 9.78. The molecule has 1 saturated carbocycles. The largest absolute Gasteiger partial charge is 0.296 e. The summed E-state index contributed by atoms with van der Waals surface area (Å²) in [4.78, 5) is 11.4. The minimum Gasteiger partial charge on any atom is -0.296 e. The van der Waals surface area contributed by atoms with Gasteiger partial charge in [-0.05, 0) is 43.7 Å². The second kappa shape index (κ2) is 7.53. The minimum atomic E-state index is 0.392. The Balaban J connectivity index is 1.80. The summed E-state index contributed by atoms with van der Waals surface area (Å²) in [6.07, 6.45) is 9.58. The van der Waals surface area contributed by atoms with E-state index in [1.54, 1.807) is 0 Å². The zero-order chi connectivity index (χ0) is 16.1. The van der Waals surface area contributed by atoms with Crippen molar-refractivity contribution in [1.82, 2.24) is 15.0 Å². The quantitative estimate of drug-likeness (QED) is 0.736. The maximum absolute atomic E-state index is 11.4. The van der Waals surface area contributed by atoms with Crippen molar-refractivity contribution < 1.29 is 4.79 Å². The van der Waals surface area contributed by atoms with Crippen molar-refractivity contribution in [3.05, 3.63) is 41.7 Å². The molecule has 0 bridgehead atoms. The molecule has 0 atom stereocenters. The van der Waals surface area contributed by atoms with E-state index in [9.17, 15) is 4.79 Å². The van der Waals surface area contributed by atoms with Gasteiger partial charge in [-0.3, -0.25) is 4.79 Å². The van der Waals surface area contributed by atoms with Gasteiger partial charge in [-0.2, -0.15) is 0 Å². The lowest BCUT2D eigenvalue weighted by Gasteiger charge is -2.28. The molecule has 0 amide bonds. The number of rotatable bonds is 6. The number of benzene rings is 1. The molecular weight excluding hydrogens is 286 g/mol. The summed E-state index contributed by atoms with van der Waals surface area (Å²) in [6, 6.07) is 9.99. The number of carbonyl (C=O) groups is 1. The van der Waals surface area contributed by atoms with E-state index in [0.717, 1.165) is 36.4 Å². The van der Waals surface area contributed by atoms with Crippen LogP contribution in [0.2, 0.25) is 0 Å². The van der Waals surface area contributed by atoms with E-state index in [1.807, 2.05) is 35.0 Å². The summed E-state index contributed by atoms with van der Waals surface area (Å²) >= 11 is 0. The fourth-order valence-corrected chi connectivity index (χ4v) is 3.74. The van der Waals surface area contributed by atoms with Gasteiger partial charge in [-0.25, -0.2) is 4.68 Å². The Morgan fingerprint density at radius 2 is 1.91 bits per heavy atom. The Labute approximate surface area is 137 Å². The van der Waals surface area contributed by atoms with Gasteiger partial charge >= 0.3 is 0 Å². The van der Waals surface area contributed by atoms with Gasteiger partial charge in [0.15, 0.2) is 6.29 Å². The first-order valence-electron chi connectivity index (χ1n) is 8.79. The minimum absolute atomic E-state index is 0.392. The predicted molar refractivity (Wildman–Crippen MR) is 91.0 cm³/mol. The Kier molecular flexibility index (Phi) is 5.21. The van der Waals surface area contributed by atoms with Crippen molar-refractivity contribution in [3.8, 4) is 5.69 Å². The molecule has 1 aliphatic carbocycles. The molecule has 4 nitrogen and oxygen atoms in total. The molecule has 2 aromatic rings. The first-order chi connectivity index (χ1) is 11.3. The predicted octanol–water partition coefficient (Wildman–Crippen LogP) is 4.54. The summed E-state index contributed by atoms with van der Waals surface area (Å²) < 4.78 is 1.86. The molecular formula is C19H25N3O. The monoisotopic (exact) mass is 311 g/mol. The molecule has 3 rings (SSSR count). The normalized spacial score (nSPS) is 21.3. The summed E-state index contributed by atoms with van der Waals surface area (Å²) in [7, 11) is 0. The zero-order valence-electron chi connectivity index (χ0n) is 13.8. The van der Waals surface area contributed by atoms with Crippen LogP contribution in [-0.2, 0) is 0 Å². The van der Waals surface area contributed by atoms with Crippen LogP contribution in [0.4, 0.5) is 0 Å². The standard InChI is InChI=1S/C19H25N3O/c1-2-3-7-15-10-12-16(13-11-15)19-18(14-23)20-21-22(19)17-8-5-4-6-9-17/h4-6,8-9,14-16H,2-3,7,10-13H2,1H3. The van der Waals surface area contributed by atoms with Crippen LogP contribution in [-0.4, -0.2) is 21.3 Å². The lowest BCUT2D eigenvalue weighted by molar-refractivity contribution is 0.111. The van der Waals surface area contributed by atoms with Gasteiger partial charge in [0.2, 0.25) is 0 Å². The molecule has 4 heteroatoms. The maximum Gasteiger partial charge on any atom is 0.172 e. The molecule has 1 aliphatic rings. The van der Waals surface area contributed by atoms with E-state index in [0.29, 0.717) is 11.6 Å². The molecule has 0 N–H and O–H groups in total. The van der Waals surface area contributed by atoms with Crippen LogP contribution >= 0.6 is 0 Å². The number of para-hydroxylation sites is 1. The topological polar surface area (TPSA) is 47.8 Å². The van der Waals surface area contributed by atoms with Crippen LogP contribution in [0, 0.1) is 5.92 Å². The molecule has 1 aromatic carbocycles. The number of hydrogen-bond acceptors (Lipinski definition) is 3. The van der Waals surface area contributed by atoms with Crippen molar-refractivity contribution in [2.24, 2.45) is 5.92 Å². The molecule has 0 radical (unpaired) electrons. The van der Waals surface area contributed by atoms with Crippen molar-refractivity contribution in [2.45, 2.75) is 57.8 Å². The Morgan fingerprint density at radius 1 is 1.17 bits per heavy atom. The molecule has 1 aromatic heterocycles. The first kappa shape index (κ1) is 15.9. The number of carbonyl (C=O) groups excluding carboxylic acids is 1. The Bertz CT molecular complexity index is 627. The second-order valence-electron chi connectivity index (χ2n) is 6.59. The molecule has 0 aliphatic heterocycles. The highest BCUT2D eigenvalue weighted by Gasteiger charge is 2.28. The molecule has 23 heavy (non-hydrogen) atoms. The van der Waals surface area contributed by atoms with Gasteiger partial charge in [-0.15, -0.1) is 5.10 Å². The lowest BCUT2D eigenvalue weighted by Crippen LogP contribution is -2.17. The molecule has 1 heterocycles. The highest BCUT2D eigenvalue weighted by molar-refractivity contribution is 5.74. The second-order valence-corrected chi connectivity index (χ2v) is 6.59. The van der Waals surface area contributed by atoms with Crippen LogP contribution in [0.15, 0.2) is 30.3 Å². The molecule has 122 valence electrons. The Morgan fingerprint density at radius 3 is 2.57 bits per heavy atom. The first-order valence-corrected chi connectivity index (χ1v) is 8.79. The maximum atomic E-state index is 11.4. The van der Waals surface area contributed by atoms with Crippen LogP contribution < -0.4 is 0 Å². The Hall–Kier alpha value is -1.97. The molecule has 0 saturated heterocycles. The highest BCUT2D eigenvalue weighted by atomic mass is 16.1. The summed E-state index contributed by atoms with van der Waals surface area (Å²) in [5, 5.41) is 8.34. The van der Waals surface area contributed by atoms with Crippen LogP contribution in [0.1, 0.15) is 74.0 Å². The van der Waals surface area contributed by atoms with Crippen molar-refractivity contribution >= 4 is 6.29 Å². The van der Waals surface area contributed by atoms with E-state index in [2.05, 4.69) is 17.2 Å². The highest BCUT2D eigenvalue weighted by Crippen LogP contribution is 2.38. The third-order valence-electron chi connectivity index (χ3n) is 5.04.